The molecule has 0 fully saturated rings. The Morgan fingerprint density at radius 1 is 0.964 bits per heavy atom. The number of pyridine rings is 1. The Morgan fingerprint density at radius 3 is 2.25 bits per heavy atom. The van der Waals surface area contributed by atoms with Gasteiger partial charge in [-0.2, -0.15) is 0 Å². The number of halogens is 1. The molecule has 28 heavy (non-hydrogen) atoms. The second-order valence-corrected chi connectivity index (χ2v) is 9.27. The van der Waals surface area contributed by atoms with E-state index >= 15 is 0 Å². The zero-order chi connectivity index (χ0) is 20.1. The lowest BCUT2D eigenvalue weighted by Crippen LogP contribution is -2.23. The number of fused-ring (bicyclic) bond motifs is 1. The Balaban J connectivity index is 2.17. The van der Waals surface area contributed by atoms with Crippen molar-refractivity contribution in [1.82, 2.24) is 8.54 Å². The summed E-state index contributed by atoms with van der Waals surface area (Å²) in [6.07, 6.45) is 1.64. The Morgan fingerprint density at radius 2 is 1.61 bits per heavy atom. The van der Waals surface area contributed by atoms with Gasteiger partial charge in [0, 0.05) is 23.1 Å². The van der Waals surface area contributed by atoms with Crippen LogP contribution in [0.5, 0.6) is 0 Å². The number of rotatable bonds is 3. The predicted octanol–water partition coefficient (Wildman–Crippen LogP) is 4.31. The van der Waals surface area contributed by atoms with Crippen LogP contribution in [0.25, 0.3) is 22.2 Å². The molecule has 0 amide bonds. The molecule has 0 spiro atoms. The molecule has 2 aromatic carbocycles. The van der Waals surface area contributed by atoms with Gasteiger partial charge < -0.3 is 4.57 Å². The fraction of sp³-hybridized carbons (Fsp3) is 0.0952. The predicted molar refractivity (Wildman–Crippen MR) is 114 cm³/mol. The highest BCUT2D eigenvalue weighted by Gasteiger charge is 2.27. The van der Waals surface area contributed by atoms with Crippen molar-refractivity contribution in [3.05, 3.63) is 87.3 Å². The van der Waals surface area contributed by atoms with Crippen LogP contribution >= 0.6 is 15.9 Å². The third-order valence-corrected chi connectivity index (χ3v) is 7.03. The third-order valence-electron chi connectivity index (χ3n) is 4.67. The highest BCUT2D eigenvalue weighted by Crippen LogP contribution is 2.33. The van der Waals surface area contributed by atoms with Crippen molar-refractivity contribution < 1.29 is 8.42 Å². The van der Waals surface area contributed by atoms with Gasteiger partial charge in [0.2, 0.25) is 0 Å². The number of aryl methyl sites for hydroxylation is 2. The number of benzene rings is 2. The van der Waals surface area contributed by atoms with Gasteiger partial charge in [0.1, 0.15) is 5.52 Å². The van der Waals surface area contributed by atoms with Crippen LogP contribution in [0, 0.1) is 6.92 Å². The topological polar surface area (TPSA) is 61.1 Å². The lowest BCUT2D eigenvalue weighted by molar-refractivity contribution is 0.589. The molecule has 7 heteroatoms. The average molecular weight is 457 g/mol. The van der Waals surface area contributed by atoms with E-state index in [1.165, 1.54) is 4.57 Å². The summed E-state index contributed by atoms with van der Waals surface area (Å²) >= 11 is 3.47. The summed E-state index contributed by atoms with van der Waals surface area (Å²) in [6, 6.07) is 17.5. The Kier molecular flexibility index (Phi) is 4.51. The summed E-state index contributed by atoms with van der Waals surface area (Å²) in [7, 11) is -2.39. The standard InChI is InChI=1S/C21H17BrN2O3S/c1-14-8-10-16(11-9-14)28(26,27)24-19(15-6-4-3-5-7-15)12-17-18(22)13-23(2)21(25)20(17)24/h3-13H,1-2H3. The van der Waals surface area contributed by atoms with Crippen molar-refractivity contribution in [3.63, 3.8) is 0 Å². The van der Waals surface area contributed by atoms with Crippen LogP contribution in [-0.4, -0.2) is 17.0 Å². The minimum absolute atomic E-state index is 0.122. The average Bonchev–Trinajstić information content (AvgIpc) is 3.09. The van der Waals surface area contributed by atoms with E-state index in [0.29, 0.717) is 21.1 Å². The fourth-order valence-corrected chi connectivity index (χ4v) is 5.35. The van der Waals surface area contributed by atoms with E-state index in [-0.39, 0.29) is 16.0 Å². The number of nitrogens with zero attached hydrogens (tertiary/aromatic N) is 2. The first-order valence-corrected chi connectivity index (χ1v) is 10.8. The monoisotopic (exact) mass is 456 g/mol. The molecule has 0 saturated heterocycles. The quantitative estimate of drug-likeness (QED) is 0.461. The molecule has 0 radical (unpaired) electrons. The van der Waals surface area contributed by atoms with Crippen molar-refractivity contribution in [3.8, 4) is 11.3 Å². The molecule has 0 aliphatic heterocycles. The van der Waals surface area contributed by atoms with Crippen molar-refractivity contribution in [2.24, 2.45) is 7.05 Å². The highest BCUT2D eigenvalue weighted by atomic mass is 79.9. The first-order chi connectivity index (χ1) is 13.3. The van der Waals surface area contributed by atoms with Gasteiger partial charge in [-0.1, -0.05) is 48.0 Å². The molecule has 0 atom stereocenters. The molecule has 0 unspecified atom stereocenters. The Hall–Kier alpha value is -2.64. The van der Waals surface area contributed by atoms with Crippen molar-refractivity contribution in [1.29, 1.82) is 0 Å². The van der Waals surface area contributed by atoms with E-state index in [0.717, 1.165) is 9.54 Å². The van der Waals surface area contributed by atoms with Gasteiger partial charge in [-0.3, -0.25) is 4.79 Å². The molecule has 2 heterocycles. The van der Waals surface area contributed by atoms with Crippen LogP contribution in [0.15, 0.2) is 81.0 Å². The normalized spacial score (nSPS) is 11.8. The summed E-state index contributed by atoms with van der Waals surface area (Å²) in [4.78, 5) is 13.1. The van der Waals surface area contributed by atoms with Crippen LogP contribution in [0.2, 0.25) is 0 Å². The van der Waals surface area contributed by atoms with Gasteiger partial charge in [-0.25, -0.2) is 12.4 Å². The van der Waals surface area contributed by atoms with E-state index in [1.807, 2.05) is 37.3 Å². The number of hydrogen-bond acceptors (Lipinski definition) is 3. The van der Waals surface area contributed by atoms with Crippen LogP contribution in [0.1, 0.15) is 5.56 Å². The highest BCUT2D eigenvalue weighted by molar-refractivity contribution is 9.10. The van der Waals surface area contributed by atoms with Gasteiger partial charge in [-0.05, 0) is 46.6 Å². The lowest BCUT2D eigenvalue weighted by atomic mass is 10.1. The molecular weight excluding hydrogens is 440 g/mol. The van der Waals surface area contributed by atoms with Crippen LogP contribution < -0.4 is 5.56 Å². The van der Waals surface area contributed by atoms with Crippen molar-refractivity contribution in [2.45, 2.75) is 11.8 Å². The summed E-state index contributed by atoms with van der Waals surface area (Å²) in [5, 5.41) is 0.553. The second kappa shape index (κ2) is 6.76. The molecule has 5 nitrogen and oxygen atoms in total. The number of hydrogen-bond donors (Lipinski definition) is 0. The Labute approximate surface area is 171 Å². The maximum Gasteiger partial charge on any atom is 0.275 e. The SMILES string of the molecule is Cc1ccc(S(=O)(=O)n2c(-c3ccccc3)cc3c(Br)cn(C)c(=O)c32)cc1. The summed E-state index contributed by atoms with van der Waals surface area (Å²) < 4.78 is 30.4. The van der Waals surface area contributed by atoms with E-state index < -0.39 is 10.0 Å². The van der Waals surface area contributed by atoms with E-state index in [9.17, 15) is 13.2 Å². The van der Waals surface area contributed by atoms with Crippen molar-refractivity contribution in [2.75, 3.05) is 0 Å². The summed E-state index contributed by atoms with van der Waals surface area (Å²) in [5.74, 6) is 0. The van der Waals surface area contributed by atoms with Gasteiger partial charge in [0.15, 0.2) is 0 Å². The second-order valence-electron chi connectivity index (χ2n) is 6.63. The molecule has 2 aromatic heterocycles. The van der Waals surface area contributed by atoms with E-state index in [4.69, 9.17) is 0 Å². The molecule has 142 valence electrons. The molecule has 0 saturated carbocycles. The molecule has 0 N–H and O–H groups in total. The first kappa shape index (κ1) is 18.7. The molecule has 0 bridgehead atoms. The molecule has 0 aliphatic carbocycles. The maximum absolute atomic E-state index is 13.6. The third kappa shape index (κ3) is 2.91. The van der Waals surface area contributed by atoms with Crippen LogP contribution in [0.3, 0.4) is 0 Å². The smallest absolute Gasteiger partial charge is 0.275 e. The van der Waals surface area contributed by atoms with Gasteiger partial charge >= 0.3 is 0 Å². The minimum atomic E-state index is -3.99. The molecule has 4 rings (SSSR count). The largest absolute Gasteiger partial charge is 0.316 e. The van der Waals surface area contributed by atoms with Gasteiger partial charge in [0.05, 0.1) is 10.6 Å². The zero-order valence-corrected chi connectivity index (χ0v) is 17.7. The maximum atomic E-state index is 13.6. The minimum Gasteiger partial charge on any atom is -0.316 e. The van der Waals surface area contributed by atoms with E-state index in [2.05, 4.69) is 15.9 Å². The Bertz CT molecular complexity index is 1350. The summed E-state index contributed by atoms with van der Waals surface area (Å²) in [6.45, 7) is 1.89. The van der Waals surface area contributed by atoms with Crippen molar-refractivity contribution >= 4 is 36.9 Å². The van der Waals surface area contributed by atoms with Crippen LogP contribution in [-0.2, 0) is 17.1 Å². The fourth-order valence-electron chi connectivity index (χ4n) is 3.22. The van der Waals surface area contributed by atoms with Gasteiger partial charge in [-0.15, -0.1) is 0 Å². The number of aromatic nitrogens is 2. The zero-order valence-electron chi connectivity index (χ0n) is 15.3. The molecule has 0 aliphatic rings. The summed E-state index contributed by atoms with van der Waals surface area (Å²) in [5.41, 5.74) is 1.86. The molecule has 4 aromatic rings. The molecular formula is C21H17BrN2O3S. The van der Waals surface area contributed by atoms with E-state index in [1.54, 1.807) is 43.6 Å². The van der Waals surface area contributed by atoms with Crippen LogP contribution in [0.4, 0.5) is 0 Å². The van der Waals surface area contributed by atoms with Gasteiger partial charge in [0.25, 0.3) is 15.6 Å². The lowest BCUT2D eigenvalue weighted by Gasteiger charge is -2.12. The first-order valence-electron chi connectivity index (χ1n) is 8.59.